The lowest BCUT2D eigenvalue weighted by molar-refractivity contribution is 0.669. The molecule has 6 aromatic carbocycles. The van der Waals surface area contributed by atoms with Crippen molar-refractivity contribution in [3.63, 3.8) is 0 Å². The van der Waals surface area contributed by atoms with E-state index in [1.165, 1.54) is 4.57 Å². The van der Waals surface area contributed by atoms with E-state index in [4.69, 9.17) is 29.0 Å². The molecule has 0 saturated carbocycles. The lowest BCUT2D eigenvalue weighted by Crippen LogP contribution is -2.06. The van der Waals surface area contributed by atoms with Crippen LogP contribution in [0.25, 0.3) is 92.6 Å². The number of hydrogen-bond acceptors (Lipinski definition) is 5. The van der Waals surface area contributed by atoms with Gasteiger partial charge < -0.3 is 4.42 Å². The monoisotopic (exact) mass is 604 g/mol. The standard InChI is InChI=1S/C39H22N4OS/c1-2-11-23(12-3-1)37-40-38(28-16-10-19-32-34(28)27-15-5-8-18-31(27)44-32)42-39(41-37)43-29-17-7-4-14-26(29)35-30(43)22-21-25-24-13-6-9-20-33(24)45-36(25)35/h1-22H/i4D,6D,7D,9D,13D,14D,17D,20D,21D,22D. The Balaban J connectivity index is 1.42. The fourth-order valence-corrected chi connectivity index (χ4v) is 7.15. The molecule has 0 amide bonds. The van der Waals surface area contributed by atoms with Crippen molar-refractivity contribution in [2.45, 2.75) is 0 Å². The Morgan fingerprint density at radius 2 is 1.36 bits per heavy atom. The maximum absolute atomic E-state index is 9.49. The highest BCUT2D eigenvalue weighted by Crippen LogP contribution is 2.43. The van der Waals surface area contributed by atoms with E-state index in [0.717, 1.165) is 22.1 Å². The first-order valence-electron chi connectivity index (χ1n) is 19.1. The van der Waals surface area contributed by atoms with Crippen LogP contribution >= 0.6 is 11.3 Å². The van der Waals surface area contributed by atoms with E-state index in [-0.39, 0.29) is 83.7 Å². The summed E-state index contributed by atoms with van der Waals surface area (Å²) in [7, 11) is 0. The molecule has 0 aliphatic heterocycles. The normalized spacial score (nSPS) is 15.1. The predicted octanol–water partition coefficient (Wildman–Crippen LogP) is 10.6. The predicted molar refractivity (Wildman–Crippen MR) is 185 cm³/mol. The van der Waals surface area contributed by atoms with Gasteiger partial charge in [-0.15, -0.1) is 11.3 Å². The first-order chi connectivity index (χ1) is 26.5. The molecular formula is C39H22N4OS. The lowest BCUT2D eigenvalue weighted by Gasteiger charge is -2.11. The van der Waals surface area contributed by atoms with Crippen molar-refractivity contribution in [2.24, 2.45) is 0 Å². The molecule has 0 saturated heterocycles. The van der Waals surface area contributed by atoms with Crippen LogP contribution in [0.3, 0.4) is 0 Å². The molecule has 210 valence electrons. The van der Waals surface area contributed by atoms with E-state index in [9.17, 15) is 4.11 Å². The number of hydrogen-bond donors (Lipinski definition) is 0. The van der Waals surface area contributed by atoms with Crippen molar-refractivity contribution in [2.75, 3.05) is 0 Å². The number of rotatable bonds is 3. The molecule has 0 aliphatic rings. The van der Waals surface area contributed by atoms with Gasteiger partial charge in [-0.3, -0.25) is 4.57 Å². The van der Waals surface area contributed by atoms with Crippen LogP contribution in [0.1, 0.15) is 13.7 Å². The van der Waals surface area contributed by atoms with Gasteiger partial charge in [-0.05, 0) is 30.3 Å². The van der Waals surface area contributed by atoms with Gasteiger partial charge in [-0.25, -0.2) is 4.98 Å². The Bertz CT molecular complexity index is 3340. The van der Waals surface area contributed by atoms with Crippen LogP contribution in [-0.4, -0.2) is 19.5 Å². The molecule has 0 fully saturated rings. The Labute approximate surface area is 274 Å². The van der Waals surface area contributed by atoms with Crippen molar-refractivity contribution in [3.05, 3.63) is 133 Å². The highest BCUT2D eigenvalue weighted by molar-refractivity contribution is 7.26. The number of aromatic nitrogens is 4. The number of thiophene rings is 1. The molecule has 5 nitrogen and oxygen atoms in total. The van der Waals surface area contributed by atoms with Crippen LogP contribution in [0.5, 0.6) is 0 Å². The SMILES string of the molecule is [2H]c1c([2H])c([2H])c2c(sc3c2c([2H])c([2H])c2c3c3c([2H])c([2H])c([2H])c([2H])c3n2-c2nc(-c3ccccc3)nc(-c3cccc4oc5ccccc5c34)n2)c1[2H]. The molecule has 0 N–H and O–H groups in total. The molecule has 0 atom stereocenters. The highest BCUT2D eigenvalue weighted by Gasteiger charge is 2.22. The first-order valence-corrected chi connectivity index (χ1v) is 14.9. The highest BCUT2D eigenvalue weighted by atomic mass is 32.1. The van der Waals surface area contributed by atoms with Gasteiger partial charge in [0.05, 0.1) is 24.7 Å². The third kappa shape index (κ3) is 3.57. The van der Waals surface area contributed by atoms with Gasteiger partial charge in [0.2, 0.25) is 5.95 Å². The number of para-hydroxylation sites is 2. The molecule has 10 rings (SSSR count). The maximum Gasteiger partial charge on any atom is 0.238 e. The van der Waals surface area contributed by atoms with Crippen molar-refractivity contribution in [1.29, 1.82) is 0 Å². The summed E-state index contributed by atoms with van der Waals surface area (Å²) in [5.41, 5.74) is 2.47. The molecule has 0 radical (unpaired) electrons. The van der Waals surface area contributed by atoms with Crippen LogP contribution in [-0.2, 0) is 0 Å². The molecule has 4 heterocycles. The molecule has 0 aliphatic carbocycles. The average molecular weight is 605 g/mol. The van der Waals surface area contributed by atoms with E-state index >= 15 is 0 Å². The quantitative estimate of drug-likeness (QED) is 0.201. The second kappa shape index (κ2) is 9.32. The second-order valence-electron chi connectivity index (χ2n) is 10.5. The van der Waals surface area contributed by atoms with E-state index in [1.54, 1.807) is 0 Å². The minimum atomic E-state index is -0.529. The van der Waals surface area contributed by atoms with Crippen molar-refractivity contribution < 1.29 is 18.1 Å². The van der Waals surface area contributed by atoms with Crippen LogP contribution in [0.4, 0.5) is 0 Å². The van der Waals surface area contributed by atoms with Gasteiger partial charge in [0.1, 0.15) is 11.2 Å². The minimum Gasteiger partial charge on any atom is -0.456 e. The molecule has 6 heteroatoms. The molecular weight excluding hydrogens is 573 g/mol. The van der Waals surface area contributed by atoms with Gasteiger partial charge in [-0.1, -0.05) is 103 Å². The summed E-state index contributed by atoms with van der Waals surface area (Å²) in [5.74, 6) is 0.391. The van der Waals surface area contributed by atoms with Gasteiger partial charge in [0, 0.05) is 52.8 Å². The summed E-state index contributed by atoms with van der Waals surface area (Å²) in [6.07, 6.45) is 0. The third-order valence-electron chi connectivity index (χ3n) is 7.97. The van der Waals surface area contributed by atoms with Gasteiger partial charge in [-0.2, -0.15) is 9.97 Å². The van der Waals surface area contributed by atoms with Gasteiger partial charge in [0.25, 0.3) is 0 Å². The van der Waals surface area contributed by atoms with Crippen LogP contribution < -0.4 is 0 Å². The van der Waals surface area contributed by atoms with E-state index in [2.05, 4.69) is 0 Å². The molecule has 45 heavy (non-hydrogen) atoms. The Morgan fingerprint density at radius 3 is 2.29 bits per heavy atom. The van der Waals surface area contributed by atoms with Crippen molar-refractivity contribution in [1.82, 2.24) is 19.5 Å². The van der Waals surface area contributed by atoms with Crippen LogP contribution in [0.15, 0.2) is 138 Å². The van der Waals surface area contributed by atoms with Gasteiger partial charge in [0.15, 0.2) is 11.6 Å². The lowest BCUT2D eigenvalue weighted by atomic mass is 10.1. The molecule has 0 unspecified atom stereocenters. The summed E-state index contributed by atoms with van der Waals surface area (Å²) in [6.45, 7) is 0. The summed E-state index contributed by atoms with van der Waals surface area (Å²) in [4.78, 5) is 14.8. The maximum atomic E-state index is 9.49. The van der Waals surface area contributed by atoms with Crippen LogP contribution in [0.2, 0.25) is 0 Å². The topological polar surface area (TPSA) is 56.7 Å². The van der Waals surface area contributed by atoms with E-state index in [1.807, 2.05) is 72.8 Å². The smallest absolute Gasteiger partial charge is 0.238 e. The number of furan rings is 1. The third-order valence-corrected chi connectivity index (χ3v) is 9.09. The van der Waals surface area contributed by atoms with Crippen LogP contribution in [0, 0.1) is 0 Å². The zero-order chi connectivity index (χ0) is 38.2. The van der Waals surface area contributed by atoms with E-state index in [0.29, 0.717) is 22.3 Å². The first kappa shape index (κ1) is 16.9. The summed E-state index contributed by atoms with van der Waals surface area (Å²) in [6, 6.07) is 18.1. The molecule has 0 spiro atoms. The Morgan fingerprint density at radius 1 is 0.578 bits per heavy atom. The average Bonchev–Trinajstić information content (AvgIpc) is 3.90. The number of benzene rings is 6. The number of nitrogens with zero attached hydrogens (tertiary/aromatic N) is 4. The molecule has 10 aromatic rings. The molecule has 0 bridgehead atoms. The zero-order valence-corrected chi connectivity index (χ0v) is 23.9. The summed E-state index contributed by atoms with van der Waals surface area (Å²) < 4.78 is 96.7. The molecule has 4 aromatic heterocycles. The zero-order valence-electron chi connectivity index (χ0n) is 33.0. The largest absolute Gasteiger partial charge is 0.456 e. The Kier molecular flexibility index (Phi) is 3.49. The van der Waals surface area contributed by atoms with Crippen molar-refractivity contribution in [3.8, 4) is 28.7 Å². The number of fused-ring (bicyclic) bond motifs is 10. The Hall–Kier alpha value is -5.85. The minimum absolute atomic E-state index is 0.0180. The van der Waals surface area contributed by atoms with E-state index < -0.39 is 36.3 Å². The summed E-state index contributed by atoms with van der Waals surface area (Å²) >= 11 is 0.985. The van der Waals surface area contributed by atoms with Gasteiger partial charge >= 0.3 is 0 Å². The fraction of sp³-hybridized carbons (Fsp3) is 0. The fourth-order valence-electron chi connectivity index (χ4n) is 6.04. The second-order valence-corrected chi connectivity index (χ2v) is 11.5. The van der Waals surface area contributed by atoms with Crippen molar-refractivity contribution >= 4 is 75.3 Å². The summed E-state index contributed by atoms with van der Waals surface area (Å²) in [5, 5.41) is 1.96.